The van der Waals surface area contributed by atoms with Gasteiger partial charge in [0.15, 0.2) is 0 Å². The van der Waals surface area contributed by atoms with Crippen molar-refractivity contribution >= 4 is 39.7 Å². The molecule has 0 rings (SSSR count). The molecule has 0 saturated carbocycles. The molecule has 0 N–H and O–H groups in total. The SMILES string of the molecule is CC=COS(C)(=O)=O.[NaH]. The van der Waals surface area contributed by atoms with Crippen LogP contribution in [-0.2, 0) is 14.3 Å². The fourth-order valence-corrected chi connectivity index (χ4v) is 0.469. The third-order valence-electron chi connectivity index (χ3n) is 0.366. The third kappa shape index (κ3) is 11.9. The Hall–Kier alpha value is 0.490. The van der Waals surface area contributed by atoms with Crippen LogP contribution in [0.1, 0.15) is 6.92 Å². The average molecular weight is 160 g/mol. The van der Waals surface area contributed by atoms with Gasteiger partial charge in [-0.05, 0) is 6.92 Å². The standard InChI is InChI=1S/C4H8O3S.Na.H/c1-3-4-7-8(2,5)6;;/h3-4H,1-2H3;;. The molecule has 0 aliphatic rings. The first kappa shape index (κ1) is 12.2. The molecule has 0 aromatic heterocycles. The number of rotatable bonds is 2. The van der Waals surface area contributed by atoms with E-state index < -0.39 is 10.1 Å². The maximum atomic E-state index is 10.1. The maximum absolute atomic E-state index is 10.1. The van der Waals surface area contributed by atoms with Crippen molar-refractivity contribution in [1.82, 2.24) is 0 Å². The molecule has 0 aromatic rings. The summed E-state index contributed by atoms with van der Waals surface area (Å²) in [6, 6.07) is 0. The van der Waals surface area contributed by atoms with E-state index >= 15 is 0 Å². The van der Waals surface area contributed by atoms with Crippen LogP contribution in [0.5, 0.6) is 0 Å². The first-order chi connectivity index (χ1) is 3.56. The van der Waals surface area contributed by atoms with Crippen molar-refractivity contribution in [2.24, 2.45) is 0 Å². The quantitative estimate of drug-likeness (QED) is 0.320. The summed E-state index contributed by atoms with van der Waals surface area (Å²) in [6.07, 6.45) is 3.61. The van der Waals surface area contributed by atoms with Gasteiger partial charge in [-0.3, -0.25) is 0 Å². The monoisotopic (exact) mass is 160 g/mol. The number of allylic oxidation sites excluding steroid dienone is 1. The molecule has 0 amide bonds. The Morgan fingerprint density at radius 1 is 1.44 bits per heavy atom. The average Bonchev–Trinajstić information content (AvgIpc) is 1.59. The van der Waals surface area contributed by atoms with Crippen LogP contribution in [0.2, 0.25) is 0 Å². The van der Waals surface area contributed by atoms with Crippen LogP contribution in [-0.4, -0.2) is 44.2 Å². The summed E-state index contributed by atoms with van der Waals surface area (Å²) in [5.41, 5.74) is 0. The minimum atomic E-state index is -3.27. The van der Waals surface area contributed by atoms with E-state index in [-0.39, 0.29) is 29.6 Å². The van der Waals surface area contributed by atoms with Crippen LogP contribution in [0.3, 0.4) is 0 Å². The van der Waals surface area contributed by atoms with Crippen LogP contribution >= 0.6 is 0 Å². The Bertz CT molecular complexity index is 170. The zero-order chi connectivity index (χ0) is 6.62. The van der Waals surface area contributed by atoms with E-state index in [9.17, 15) is 8.42 Å². The number of hydrogen-bond acceptors (Lipinski definition) is 3. The van der Waals surface area contributed by atoms with Gasteiger partial charge in [0.2, 0.25) is 0 Å². The predicted molar refractivity (Wildman–Crippen MR) is 37.9 cm³/mol. The second-order valence-corrected chi connectivity index (χ2v) is 2.87. The van der Waals surface area contributed by atoms with E-state index in [0.717, 1.165) is 12.5 Å². The van der Waals surface area contributed by atoms with E-state index in [1.54, 1.807) is 6.92 Å². The van der Waals surface area contributed by atoms with Gasteiger partial charge in [0.25, 0.3) is 0 Å². The molecule has 0 spiro atoms. The minimum absolute atomic E-state index is 0. The molecule has 0 aromatic carbocycles. The Balaban J connectivity index is 0. The fraction of sp³-hybridized carbons (Fsp3) is 0.500. The molecule has 5 heteroatoms. The second kappa shape index (κ2) is 5.29. The summed E-state index contributed by atoms with van der Waals surface area (Å²) in [7, 11) is -3.27. The molecule has 0 radical (unpaired) electrons. The van der Waals surface area contributed by atoms with Gasteiger partial charge in [-0.15, -0.1) is 0 Å². The van der Waals surface area contributed by atoms with Crippen LogP contribution < -0.4 is 0 Å². The molecule has 50 valence electrons. The molecule has 0 heterocycles. The summed E-state index contributed by atoms with van der Waals surface area (Å²) in [5.74, 6) is 0. The number of hydrogen-bond donors (Lipinski definition) is 0. The van der Waals surface area contributed by atoms with Gasteiger partial charge in [0.05, 0.1) is 6.26 Å². The van der Waals surface area contributed by atoms with Crippen LogP contribution in [0, 0.1) is 0 Å². The van der Waals surface area contributed by atoms with Gasteiger partial charge in [0, 0.05) is 0 Å². The molecule has 0 atom stereocenters. The Labute approximate surface area is 77.5 Å². The summed E-state index contributed by atoms with van der Waals surface area (Å²) < 4.78 is 24.4. The van der Waals surface area contributed by atoms with Gasteiger partial charge in [-0.25, -0.2) is 0 Å². The van der Waals surface area contributed by atoms with E-state index in [2.05, 4.69) is 4.18 Å². The van der Waals surface area contributed by atoms with Gasteiger partial charge >= 0.3 is 39.7 Å². The van der Waals surface area contributed by atoms with Crippen molar-refractivity contribution in [3.05, 3.63) is 12.3 Å². The first-order valence-corrected chi connectivity index (χ1v) is 3.87. The Morgan fingerprint density at radius 2 is 1.89 bits per heavy atom. The van der Waals surface area contributed by atoms with Crippen molar-refractivity contribution in [2.75, 3.05) is 6.26 Å². The molecule has 0 fully saturated rings. The molecule has 0 unspecified atom stereocenters. The Kier molecular flexibility index (Phi) is 7.16. The molecule has 0 saturated heterocycles. The first-order valence-electron chi connectivity index (χ1n) is 2.05. The van der Waals surface area contributed by atoms with Gasteiger partial charge in [-0.2, -0.15) is 8.42 Å². The zero-order valence-electron chi connectivity index (χ0n) is 4.79. The predicted octanol–water partition coefficient (Wildman–Crippen LogP) is -0.152. The summed E-state index contributed by atoms with van der Waals surface area (Å²) >= 11 is 0. The summed E-state index contributed by atoms with van der Waals surface area (Å²) in [4.78, 5) is 0. The fourth-order valence-electron chi connectivity index (χ4n) is 0.156. The van der Waals surface area contributed by atoms with Gasteiger partial charge < -0.3 is 4.18 Å². The van der Waals surface area contributed by atoms with E-state index in [1.165, 1.54) is 6.08 Å². The van der Waals surface area contributed by atoms with Crippen molar-refractivity contribution in [3.63, 3.8) is 0 Å². The molecule has 9 heavy (non-hydrogen) atoms. The van der Waals surface area contributed by atoms with Gasteiger partial charge in [-0.1, -0.05) is 6.08 Å². The van der Waals surface area contributed by atoms with Crippen molar-refractivity contribution in [3.8, 4) is 0 Å². The van der Waals surface area contributed by atoms with Crippen molar-refractivity contribution in [2.45, 2.75) is 6.92 Å². The normalized spacial score (nSPS) is 10.9. The third-order valence-corrected chi connectivity index (χ3v) is 0.827. The van der Waals surface area contributed by atoms with Crippen LogP contribution in [0.15, 0.2) is 12.3 Å². The molecule has 3 nitrogen and oxygen atoms in total. The Morgan fingerprint density at radius 3 is 2.00 bits per heavy atom. The van der Waals surface area contributed by atoms with Crippen LogP contribution in [0.4, 0.5) is 0 Å². The summed E-state index contributed by atoms with van der Waals surface area (Å²) in [5, 5.41) is 0. The molecule has 0 aliphatic heterocycles. The van der Waals surface area contributed by atoms with Crippen molar-refractivity contribution < 1.29 is 12.6 Å². The molecular weight excluding hydrogens is 151 g/mol. The van der Waals surface area contributed by atoms with E-state index in [1.807, 2.05) is 0 Å². The van der Waals surface area contributed by atoms with E-state index in [4.69, 9.17) is 0 Å². The molecular formula is C4H9NaO3S. The van der Waals surface area contributed by atoms with Crippen LogP contribution in [0.25, 0.3) is 0 Å². The molecule has 0 aliphatic carbocycles. The zero-order valence-corrected chi connectivity index (χ0v) is 5.60. The summed E-state index contributed by atoms with van der Waals surface area (Å²) in [6.45, 7) is 1.67. The van der Waals surface area contributed by atoms with E-state index in [0.29, 0.717) is 0 Å². The topological polar surface area (TPSA) is 43.4 Å². The van der Waals surface area contributed by atoms with Gasteiger partial charge in [0.1, 0.15) is 6.26 Å². The second-order valence-electron chi connectivity index (χ2n) is 1.27. The van der Waals surface area contributed by atoms with Crippen molar-refractivity contribution in [1.29, 1.82) is 0 Å². The molecule has 0 bridgehead atoms.